The summed E-state index contributed by atoms with van der Waals surface area (Å²) >= 11 is 3.34. The van der Waals surface area contributed by atoms with Crippen LogP contribution in [0.15, 0.2) is 59.2 Å². The van der Waals surface area contributed by atoms with Gasteiger partial charge in [-0.2, -0.15) is 0 Å². The number of aromatic nitrogens is 1. The highest BCUT2D eigenvalue weighted by molar-refractivity contribution is 9.10. The quantitative estimate of drug-likeness (QED) is 0.630. The molecule has 0 bridgehead atoms. The van der Waals surface area contributed by atoms with Gasteiger partial charge in [0.15, 0.2) is 0 Å². The molecule has 3 aromatic rings. The van der Waals surface area contributed by atoms with Crippen molar-refractivity contribution in [1.29, 1.82) is 0 Å². The zero-order chi connectivity index (χ0) is 16.9. The molecular formula is C18H16BrN3O2. The van der Waals surface area contributed by atoms with Crippen molar-refractivity contribution in [2.24, 2.45) is 0 Å². The lowest BCUT2D eigenvalue weighted by Crippen LogP contribution is -2.33. The predicted molar refractivity (Wildman–Crippen MR) is 97.8 cm³/mol. The molecule has 2 amide bonds. The van der Waals surface area contributed by atoms with Gasteiger partial charge in [-0.1, -0.05) is 40.2 Å². The van der Waals surface area contributed by atoms with Gasteiger partial charge in [-0.15, -0.1) is 0 Å². The minimum atomic E-state index is -0.264. The van der Waals surface area contributed by atoms with Crippen LogP contribution in [-0.4, -0.2) is 23.3 Å². The number of nitrogens with one attached hydrogen (secondary N) is 3. The van der Waals surface area contributed by atoms with Crippen LogP contribution in [0.5, 0.6) is 0 Å². The second-order valence-corrected chi connectivity index (χ2v) is 6.29. The minimum Gasteiger partial charge on any atom is -0.361 e. The van der Waals surface area contributed by atoms with Gasteiger partial charge in [0, 0.05) is 27.3 Å². The molecule has 1 aromatic heterocycles. The number of anilines is 1. The molecule has 6 heteroatoms. The van der Waals surface area contributed by atoms with Crippen molar-refractivity contribution in [3.05, 3.63) is 64.8 Å². The van der Waals surface area contributed by atoms with Gasteiger partial charge in [0.05, 0.1) is 13.0 Å². The number of hydrogen-bond donors (Lipinski definition) is 3. The first-order valence-electron chi connectivity index (χ1n) is 7.49. The van der Waals surface area contributed by atoms with Crippen molar-refractivity contribution < 1.29 is 9.59 Å². The number of H-pyrrole nitrogens is 1. The van der Waals surface area contributed by atoms with Gasteiger partial charge in [0.25, 0.3) is 0 Å². The summed E-state index contributed by atoms with van der Waals surface area (Å²) in [5.74, 6) is -0.454. The van der Waals surface area contributed by atoms with E-state index in [9.17, 15) is 9.59 Å². The number of fused-ring (bicyclic) bond motifs is 1. The number of hydrogen-bond acceptors (Lipinski definition) is 2. The van der Waals surface area contributed by atoms with Crippen molar-refractivity contribution >= 4 is 44.3 Å². The molecule has 0 saturated carbocycles. The van der Waals surface area contributed by atoms with Gasteiger partial charge in [-0.05, 0) is 29.8 Å². The Morgan fingerprint density at radius 1 is 1.04 bits per heavy atom. The monoisotopic (exact) mass is 385 g/mol. The number of benzene rings is 2. The maximum atomic E-state index is 12.1. The van der Waals surface area contributed by atoms with Crippen LogP contribution in [0, 0.1) is 0 Å². The summed E-state index contributed by atoms with van der Waals surface area (Å²) in [5.41, 5.74) is 2.59. The van der Waals surface area contributed by atoms with Crippen molar-refractivity contribution in [3.63, 3.8) is 0 Å². The molecule has 0 radical (unpaired) electrons. The third kappa shape index (κ3) is 4.02. The molecule has 0 aliphatic rings. The van der Waals surface area contributed by atoms with E-state index in [0.717, 1.165) is 20.9 Å². The van der Waals surface area contributed by atoms with Crippen LogP contribution in [0.1, 0.15) is 5.56 Å². The topological polar surface area (TPSA) is 74.0 Å². The highest BCUT2D eigenvalue weighted by Crippen LogP contribution is 2.18. The average molecular weight is 386 g/mol. The van der Waals surface area contributed by atoms with Gasteiger partial charge < -0.3 is 15.6 Å². The third-order valence-electron chi connectivity index (χ3n) is 3.58. The van der Waals surface area contributed by atoms with Gasteiger partial charge in [-0.3, -0.25) is 9.59 Å². The van der Waals surface area contributed by atoms with E-state index in [1.54, 1.807) is 12.1 Å². The Kier molecular flexibility index (Phi) is 4.96. The van der Waals surface area contributed by atoms with Crippen molar-refractivity contribution in [2.75, 3.05) is 11.9 Å². The SMILES string of the molecule is O=C(Cc1c[nH]c2ccccc12)NCC(=O)Nc1cccc(Br)c1. The lowest BCUT2D eigenvalue weighted by Gasteiger charge is -2.07. The van der Waals surface area contributed by atoms with E-state index < -0.39 is 0 Å². The maximum Gasteiger partial charge on any atom is 0.243 e. The zero-order valence-corrected chi connectivity index (χ0v) is 14.4. The molecule has 0 aliphatic heterocycles. The number of carbonyl (C=O) groups is 2. The second-order valence-electron chi connectivity index (χ2n) is 5.37. The Hall–Kier alpha value is -2.60. The molecular weight excluding hydrogens is 370 g/mol. The number of carbonyl (C=O) groups excluding carboxylic acids is 2. The molecule has 0 unspecified atom stereocenters. The van der Waals surface area contributed by atoms with E-state index in [4.69, 9.17) is 0 Å². The second kappa shape index (κ2) is 7.31. The highest BCUT2D eigenvalue weighted by atomic mass is 79.9. The van der Waals surface area contributed by atoms with Crippen LogP contribution in [0.2, 0.25) is 0 Å². The van der Waals surface area contributed by atoms with Crippen LogP contribution in [0.4, 0.5) is 5.69 Å². The molecule has 2 aromatic carbocycles. The predicted octanol–water partition coefficient (Wildman–Crippen LogP) is 3.23. The molecule has 3 N–H and O–H groups in total. The van der Waals surface area contributed by atoms with Crippen LogP contribution < -0.4 is 10.6 Å². The first kappa shape index (κ1) is 16.3. The maximum absolute atomic E-state index is 12.1. The summed E-state index contributed by atoms with van der Waals surface area (Å²) in [4.78, 5) is 27.1. The normalized spacial score (nSPS) is 10.5. The summed E-state index contributed by atoms with van der Waals surface area (Å²) in [6, 6.07) is 15.1. The molecule has 0 fully saturated rings. The molecule has 122 valence electrons. The largest absolute Gasteiger partial charge is 0.361 e. The first-order chi connectivity index (χ1) is 11.6. The number of aromatic amines is 1. The smallest absolute Gasteiger partial charge is 0.243 e. The van der Waals surface area contributed by atoms with E-state index in [-0.39, 0.29) is 24.8 Å². The van der Waals surface area contributed by atoms with E-state index in [1.807, 2.05) is 42.6 Å². The lowest BCUT2D eigenvalue weighted by atomic mass is 10.1. The average Bonchev–Trinajstić information content (AvgIpc) is 2.96. The Bertz CT molecular complexity index is 889. The Morgan fingerprint density at radius 3 is 2.71 bits per heavy atom. The Labute approximate surface area is 147 Å². The summed E-state index contributed by atoms with van der Waals surface area (Å²) in [7, 11) is 0. The summed E-state index contributed by atoms with van der Waals surface area (Å²) in [5, 5.41) is 6.40. The standard InChI is InChI=1S/C18H16BrN3O2/c19-13-4-3-5-14(9-13)22-18(24)11-21-17(23)8-12-10-20-16-7-2-1-6-15(12)16/h1-7,9-10,20H,8,11H2,(H,21,23)(H,22,24). The summed E-state index contributed by atoms with van der Waals surface area (Å²) in [6.07, 6.45) is 2.06. The molecule has 0 saturated heterocycles. The zero-order valence-electron chi connectivity index (χ0n) is 12.8. The fourth-order valence-corrected chi connectivity index (χ4v) is 2.86. The molecule has 24 heavy (non-hydrogen) atoms. The Balaban J connectivity index is 1.53. The van der Waals surface area contributed by atoms with Crippen molar-refractivity contribution in [1.82, 2.24) is 10.3 Å². The van der Waals surface area contributed by atoms with E-state index in [2.05, 4.69) is 31.5 Å². The third-order valence-corrected chi connectivity index (χ3v) is 4.07. The Morgan fingerprint density at radius 2 is 1.88 bits per heavy atom. The fraction of sp³-hybridized carbons (Fsp3) is 0.111. The van der Waals surface area contributed by atoms with Gasteiger partial charge >= 0.3 is 0 Å². The molecule has 1 heterocycles. The van der Waals surface area contributed by atoms with Gasteiger partial charge in [0.1, 0.15) is 0 Å². The molecule has 0 spiro atoms. The van der Waals surface area contributed by atoms with Crippen LogP contribution >= 0.6 is 15.9 Å². The summed E-state index contributed by atoms with van der Waals surface area (Å²) < 4.78 is 0.878. The van der Waals surface area contributed by atoms with Crippen molar-refractivity contribution in [3.8, 4) is 0 Å². The van der Waals surface area contributed by atoms with Crippen LogP contribution in [0.25, 0.3) is 10.9 Å². The summed E-state index contributed by atoms with van der Waals surface area (Å²) in [6.45, 7) is -0.0618. The van der Waals surface area contributed by atoms with E-state index >= 15 is 0 Å². The molecule has 3 rings (SSSR count). The van der Waals surface area contributed by atoms with Crippen molar-refractivity contribution in [2.45, 2.75) is 6.42 Å². The molecule has 5 nitrogen and oxygen atoms in total. The minimum absolute atomic E-state index is 0.0618. The van der Waals surface area contributed by atoms with Gasteiger partial charge in [0.2, 0.25) is 11.8 Å². The number of amides is 2. The van der Waals surface area contributed by atoms with E-state index in [0.29, 0.717) is 5.69 Å². The van der Waals surface area contributed by atoms with Crippen LogP contribution in [-0.2, 0) is 16.0 Å². The fourth-order valence-electron chi connectivity index (χ4n) is 2.46. The lowest BCUT2D eigenvalue weighted by molar-refractivity contribution is -0.123. The number of halogens is 1. The molecule has 0 aliphatic carbocycles. The number of para-hydroxylation sites is 1. The molecule has 0 atom stereocenters. The van der Waals surface area contributed by atoms with Gasteiger partial charge in [-0.25, -0.2) is 0 Å². The van der Waals surface area contributed by atoms with Crippen LogP contribution in [0.3, 0.4) is 0 Å². The highest BCUT2D eigenvalue weighted by Gasteiger charge is 2.10. The van der Waals surface area contributed by atoms with E-state index in [1.165, 1.54) is 0 Å². The number of rotatable bonds is 5. The first-order valence-corrected chi connectivity index (χ1v) is 8.28.